The molecule has 2 bridgehead atoms. The Morgan fingerprint density at radius 3 is 2.70 bits per heavy atom. The lowest BCUT2D eigenvalue weighted by Gasteiger charge is -2.34. The predicted molar refractivity (Wildman–Crippen MR) is 120 cm³/mol. The number of nitrogens with one attached hydrogen (secondary N) is 2. The van der Waals surface area contributed by atoms with Crippen molar-refractivity contribution < 1.29 is 13.5 Å². The molecule has 0 spiro atoms. The van der Waals surface area contributed by atoms with Gasteiger partial charge in [-0.15, -0.1) is 0 Å². The van der Waals surface area contributed by atoms with Crippen molar-refractivity contribution in [3.8, 4) is 17.4 Å². The standard InChI is InChI=1S/C23H20F2N6O2/c1-33-23-29-19-14(22(30-23)31-9-12-5-6-13(10-31)27-12)8-26-21(18(19)25)20-17-11(7-16(32)28-20)3-2-4-15(17)24/h2-4,7-8,12-13,27H,5-6,9-10H2,1H3,(H,28,32). The number of hydrogen-bond acceptors (Lipinski definition) is 7. The number of fused-ring (bicyclic) bond motifs is 4. The van der Waals surface area contributed by atoms with Crippen LogP contribution in [-0.4, -0.2) is 52.2 Å². The maximum Gasteiger partial charge on any atom is 0.318 e. The van der Waals surface area contributed by atoms with E-state index in [9.17, 15) is 9.18 Å². The lowest BCUT2D eigenvalue weighted by molar-refractivity contribution is 0.380. The van der Waals surface area contributed by atoms with Gasteiger partial charge in [0, 0.05) is 42.8 Å². The molecule has 2 unspecified atom stereocenters. The second kappa shape index (κ2) is 7.45. The summed E-state index contributed by atoms with van der Waals surface area (Å²) in [5.74, 6) is -0.818. The van der Waals surface area contributed by atoms with Gasteiger partial charge in [-0.25, -0.2) is 8.78 Å². The summed E-state index contributed by atoms with van der Waals surface area (Å²) in [4.78, 5) is 29.9. The molecule has 2 atom stereocenters. The van der Waals surface area contributed by atoms with E-state index in [1.165, 1.54) is 31.5 Å². The van der Waals surface area contributed by atoms with Crippen LogP contribution >= 0.6 is 0 Å². The number of aromatic nitrogens is 4. The van der Waals surface area contributed by atoms with Crippen LogP contribution in [0.2, 0.25) is 0 Å². The Balaban J connectivity index is 1.58. The van der Waals surface area contributed by atoms with Gasteiger partial charge in [0.1, 0.15) is 22.8 Å². The van der Waals surface area contributed by atoms with Crippen LogP contribution in [0.3, 0.4) is 0 Å². The Kier molecular flexibility index (Phi) is 4.51. The molecule has 33 heavy (non-hydrogen) atoms. The minimum Gasteiger partial charge on any atom is -0.467 e. The van der Waals surface area contributed by atoms with E-state index in [1.54, 1.807) is 6.07 Å². The zero-order valence-corrected chi connectivity index (χ0v) is 17.7. The summed E-state index contributed by atoms with van der Waals surface area (Å²) in [6.45, 7) is 1.47. The highest BCUT2D eigenvalue weighted by Crippen LogP contribution is 2.35. The quantitative estimate of drug-likeness (QED) is 0.496. The molecule has 8 nitrogen and oxygen atoms in total. The number of piperazine rings is 1. The van der Waals surface area contributed by atoms with Crippen LogP contribution in [0.4, 0.5) is 14.6 Å². The minimum atomic E-state index is -0.779. The van der Waals surface area contributed by atoms with Crippen LogP contribution in [0.15, 0.2) is 35.3 Å². The largest absolute Gasteiger partial charge is 0.467 e. The van der Waals surface area contributed by atoms with Gasteiger partial charge in [-0.05, 0) is 24.3 Å². The first-order chi connectivity index (χ1) is 16.0. The number of aromatic amines is 1. The third kappa shape index (κ3) is 3.20. The van der Waals surface area contributed by atoms with Crippen molar-refractivity contribution in [2.45, 2.75) is 24.9 Å². The molecule has 2 aliphatic heterocycles. The molecule has 0 amide bonds. The molecule has 0 saturated carbocycles. The van der Waals surface area contributed by atoms with E-state index in [-0.39, 0.29) is 28.3 Å². The van der Waals surface area contributed by atoms with Crippen LogP contribution in [-0.2, 0) is 0 Å². The van der Waals surface area contributed by atoms with Crippen LogP contribution in [0, 0.1) is 11.6 Å². The van der Waals surface area contributed by atoms with Gasteiger partial charge >= 0.3 is 6.01 Å². The Labute approximate surface area is 186 Å². The normalized spacial score (nSPS) is 20.0. The summed E-state index contributed by atoms with van der Waals surface area (Å²) in [6.07, 6.45) is 3.64. The van der Waals surface area contributed by atoms with Crippen molar-refractivity contribution in [3.63, 3.8) is 0 Å². The fourth-order valence-corrected chi connectivity index (χ4v) is 4.96. The molecular formula is C23H20F2N6O2. The molecule has 1 aromatic carbocycles. The van der Waals surface area contributed by atoms with E-state index in [4.69, 9.17) is 4.74 Å². The van der Waals surface area contributed by atoms with E-state index < -0.39 is 17.2 Å². The van der Waals surface area contributed by atoms with E-state index in [2.05, 4.69) is 30.2 Å². The maximum absolute atomic E-state index is 15.9. The molecule has 10 heteroatoms. The fraction of sp³-hybridized carbons (Fsp3) is 0.304. The Hall–Kier alpha value is -3.66. The number of halogens is 2. The van der Waals surface area contributed by atoms with Crippen LogP contribution in [0.1, 0.15) is 12.8 Å². The molecule has 0 radical (unpaired) electrons. The molecule has 2 N–H and O–H groups in total. The topological polar surface area (TPSA) is 96.0 Å². The Bertz CT molecular complexity index is 1460. The second-order valence-electron chi connectivity index (χ2n) is 8.47. The molecule has 0 aliphatic carbocycles. The third-order valence-corrected chi connectivity index (χ3v) is 6.41. The predicted octanol–water partition coefficient (Wildman–Crippen LogP) is 2.76. The van der Waals surface area contributed by atoms with Gasteiger partial charge in [0.2, 0.25) is 5.56 Å². The van der Waals surface area contributed by atoms with Gasteiger partial charge in [0.25, 0.3) is 0 Å². The lowest BCUT2D eigenvalue weighted by Crippen LogP contribution is -2.51. The van der Waals surface area contributed by atoms with E-state index in [1.807, 2.05) is 0 Å². The lowest BCUT2D eigenvalue weighted by atomic mass is 10.1. The summed E-state index contributed by atoms with van der Waals surface area (Å²) in [7, 11) is 1.42. The SMILES string of the molecule is COc1nc(N2CC3CCC(C2)N3)c2cnc(-c3[nH]c(=O)cc4cccc(F)c34)c(F)c2n1. The van der Waals surface area contributed by atoms with E-state index in [0.29, 0.717) is 28.7 Å². The number of benzene rings is 1. The number of rotatable bonds is 3. The summed E-state index contributed by atoms with van der Waals surface area (Å²) >= 11 is 0. The second-order valence-corrected chi connectivity index (χ2v) is 8.47. The molecule has 168 valence electrons. The van der Waals surface area contributed by atoms with Gasteiger partial charge in [-0.3, -0.25) is 9.78 Å². The Morgan fingerprint density at radius 2 is 1.94 bits per heavy atom. The van der Waals surface area contributed by atoms with Gasteiger partial charge in [0.05, 0.1) is 18.2 Å². The average molecular weight is 450 g/mol. The molecular weight excluding hydrogens is 430 g/mol. The van der Waals surface area contributed by atoms with E-state index in [0.717, 1.165) is 25.9 Å². The fourth-order valence-electron chi connectivity index (χ4n) is 4.96. The number of anilines is 1. The van der Waals surface area contributed by atoms with Gasteiger partial charge in [-0.2, -0.15) is 9.97 Å². The summed E-state index contributed by atoms with van der Waals surface area (Å²) in [6, 6.07) is 6.33. The van der Waals surface area contributed by atoms with Crippen LogP contribution in [0.5, 0.6) is 6.01 Å². The van der Waals surface area contributed by atoms with Gasteiger partial charge in [-0.1, -0.05) is 12.1 Å². The van der Waals surface area contributed by atoms with Crippen LogP contribution < -0.4 is 20.5 Å². The highest BCUT2D eigenvalue weighted by Gasteiger charge is 2.34. The van der Waals surface area contributed by atoms with Crippen molar-refractivity contribution in [2.24, 2.45) is 0 Å². The Morgan fingerprint density at radius 1 is 1.15 bits per heavy atom. The number of hydrogen-bond donors (Lipinski definition) is 2. The molecule has 3 aromatic heterocycles. The monoisotopic (exact) mass is 450 g/mol. The number of pyridine rings is 2. The molecule has 4 aromatic rings. The smallest absolute Gasteiger partial charge is 0.318 e. The number of methoxy groups -OCH3 is 1. The molecule has 6 rings (SSSR count). The number of H-pyrrole nitrogens is 1. The van der Waals surface area contributed by atoms with Crippen molar-refractivity contribution in [3.05, 3.63) is 52.5 Å². The van der Waals surface area contributed by atoms with Gasteiger partial charge in [0.15, 0.2) is 5.82 Å². The van der Waals surface area contributed by atoms with Gasteiger partial charge < -0.3 is 19.9 Å². The number of nitrogens with zero attached hydrogens (tertiary/aromatic N) is 4. The highest BCUT2D eigenvalue weighted by atomic mass is 19.1. The summed E-state index contributed by atoms with van der Waals surface area (Å²) in [5.41, 5.74) is -0.708. The molecule has 5 heterocycles. The average Bonchev–Trinajstić information content (AvgIpc) is 3.15. The summed E-state index contributed by atoms with van der Waals surface area (Å²) in [5, 5.41) is 4.43. The highest BCUT2D eigenvalue weighted by molar-refractivity contribution is 5.97. The first kappa shape index (κ1) is 20.0. The summed E-state index contributed by atoms with van der Waals surface area (Å²) < 4.78 is 35.8. The van der Waals surface area contributed by atoms with Crippen molar-refractivity contribution in [1.82, 2.24) is 25.3 Å². The first-order valence-electron chi connectivity index (χ1n) is 10.7. The zero-order chi connectivity index (χ0) is 22.7. The minimum absolute atomic E-state index is 0.00178. The maximum atomic E-state index is 15.9. The molecule has 2 saturated heterocycles. The number of ether oxygens (including phenoxy) is 1. The van der Waals surface area contributed by atoms with Crippen LogP contribution in [0.25, 0.3) is 33.1 Å². The molecule has 2 aliphatic rings. The van der Waals surface area contributed by atoms with E-state index >= 15 is 4.39 Å². The van der Waals surface area contributed by atoms with Crippen molar-refractivity contribution in [2.75, 3.05) is 25.1 Å². The zero-order valence-electron chi connectivity index (χ0n) is 17.7. The third-order valence-electron chi connectivity index (χ3n) is 6.41. The van der Waals surface area contributed by atoms with Crippen molar-refractivity contribution >= 4 is 27.5 Å². The van der Waals surface area contributed by atoms with Crippen molar-refractivity contribution in [1.29, 1.82) is 0 Å². The first-order valence-corrected chi connectivity index (χ1v) is 10.7. The molecule has 2 fully saturated rings.